The first kappa shape index (κ1) is 24.8. The summed E-state index contributed by atoms with van der Waals surface area (Å²) in [6, 6.07) is 0.895. The molecule has 4 heterocycles. The Hall–Kier alpha value is -3.27. The number of fused-ring (bicyclic) bond motifs is 2. The fourth-order valence-electron chi connectivity index (χ4n) is 4.89. The monoisotopic (exact) mass is 483 g/mol. The molecule has 0 saturated carbocycles. The Balaban J connectivity index is 1.49. The van der Waals surface area contributed by atoms with Crippen molar-refractivity contribution in [2.24, 2.45) is 5.92 Å². The van der Waals surface area contributed by atoms with Crippen molar-refractivity contribution in [1.82, 2.24) is 15.5 Å². The summed E-state index contributed by atoms with van der Waals surface area (Å²) in [6.45, 7) is 7.02. The summed E-state index contributed by atoms with van der Waals surface area (Å²) in [5.41, 5.74) is 1.46. The second-order valence-corrected chi connectivity index (χ2v) is 9.59. The molecule has 1 saturated heterocycles. The topological polar surface area (TPSA) is 135 Å². The Morgan fingerprint density at radius 3 is 2.66 bits per heavy atom. The van der Waals surface area contributed by atoms with E-state index in [9.17, 15) is 14.4 Å². The molecule has 4 rings (SSSR count). The van der Waals surface area contributed by atoms with Gasteiger partial charge in [-0.25, -0.2) is 4.98 Å². The van der Waals surface area contributed by atoms with Crippen LogP contribution in [0, 0.1) is 12.8 Å². The normalized spacial score (nSPS) is 18.0. The van der Waals surface area contributed by atoms with E-state index in [1.807, 2.05) is 0 Å². The standard InChI is InChI=1S/C25H33N5O5/c1-4-5-15(2)6-7-18(28-23(32)21-16(3)13-27-35-21)22(31)30-20-12-19-17(14-26-20)25(24(33)29-19)8-10-34-11-9-25/h12-15,18H,4-11H2,1-3H3,(H,28,32)(H,29,33)(H,26,30,31)/t15-,18-/m0/s1. The van der Waals surface area contributed by atoms with Crippen molar-refractivity contribution in [2.45, 2.75) is 70.8 Å². The van der Waals surface area contributed by atoms with Gasteiger partial charge >= 0.3 is 0 Å². The fraction of sp³-hybridized carbons (Fsp3) is 0.560. The van der Waals surface area contributed by atoms with Crippen molar-refractivity contribution >= 4 is 29.2 Å². The zero-order valence-corrected chi connectivity index (χ0v) is 20.5. The van der Waals surface area contributed by atoms with Gasteiger partial charge < -0.3 is 25.2 Å². The second kappa shape index (κ2) is 10.6. The van der Waals surface area contributed by atoms with Crippen molar-refractivity contribution in [3.8, 4) is 0 Å². The molecule has 3 amide bonds. The Bertz CT molecular complexity index is 1090. The Morgan fingerprint density at radius 1 is 1.20 bits per heavy atom. The maximum atomic E-state index is 13.2. The lowest BCUT2D eigenvalue weighted by molar-refractivity contribution is -0.124. The summed E-state index contributed by atoms with van der Waals surface area (Å²) in [5, 5.41) is 12.2. The Labute approximate surface area is 204 Å². The van der Waals surface area contributed by atoms with Gasteiger partial charge in [-0.15, -0.1) is 0 Å². The zero-order valence-electron chi connectivity index (χ0n) is 20.5. The lowest BCUT2D eigenvalue weighted by Crippen LogP contribution is -2.44. The number of hydrogen-bond acceptors (Lipinski definition) is 7. The highest BCUT2D eigenvalue weighted by Gasteiger charge is 2.48. The van der Waals surface area contributed by atoms with Crippen molar-refractivity contribution in [3.05, 3.63) is 35.3 Å². The Morgan fingerprint density at radius 2 is 1.97 bits per heavy atom. The zero-order chi connectivity index (χ0) is 25.0. The highest BCUT2D eigenvalue weighted by atomic mass is 16.5. The SMILES string of the molecule is CCC[C@H](C)CC[C@H](NC(=O)c1oncc1C)C(=O)Nc1cc2c(cn1)C1(CCOCC1)C(=O)N2. The van der Waals surface area contributed by atoms with Gasteiger partial charge in [0.1, 0.15) is 11.9 Å². The van der Waals surface area contributed by atoms with Gasteiger partial charge in [0.25, 0.3) is 5.91 Å². The van der Waals surface area contributed by atoms with Gasteiger partial charge in [-0.05, 0) is 38.5 Å². The number of anilines is 2. The summed E-state index contributed by atoms with van der Waals surface area (Å²) < 4.78 is 10.5. The lowest BCUT2D eigenvalue weighted by atomic mass is 9.76. The number of pyridine rings is 1. The van der Waals surface area contributed by atoms with Crippen molar-refractivity contribution < 1.29 is 23.6 Å². The molecule has 10 nitrogen and oxygen atoms in total. The van der Waals surface area contributed by atoms with E-state index in [1.54, 1.807) is 19.2 Å². The van der Waals surface area contributed by atoms with E-state index in [0.717, 1.165) is 24.8 Å². The quantitative estimate of drug-likeness (QED) is 0.498. The number of ether oxygens (including phenoxy) is 1. The number of amides is 3. The molecule has 0 radical (unpaired) electrons. The van der Waals surface area contributed by atoms with Crippen molar-refractivity contribution in [3.63, 3.8) is 0 Å². The molecular weight excluding hydrogens is 450 g/mol. The summed E-state index contributed by atoms with van der Waals surface area (Å²) >= 11 is 0. The molecule has 188 valence electrons. The second-order valence-electron chi connectivity index (χ2n) is 9.59. The van der Waals surface area contributed by atoms with Crippen molar-refractivity contribution in [1.29, 1.82) is 0 Å². The van der Waals surface area contributed by atoms with Crippen LogP contribution in [0.1, 0.15) is 74.1 Å². The molecule has 0 unspecified atom stereocenters. The molecule has 35 heavy (non-hydrogen) atoms. The van der Waals surface area contributed by atoms with Crippen LogP contribution in [0.15, 0.2) is 23.0 Å². The minimum absolute atomic E-state index is 0.0569. The number of rotatable bonds is 9. The van der Waals surface area contributed by atoms with Crippen molar-refractivity contribution in [2.75, 3.05) is 23.8 Å². The van der Waals surface area contributed by atoms with Gasteiger partial charge in [0, 0.05) is 36.6 Å². The highest BCUT2D eigenvalue weighted by Crippen LogP contribution is 2.44. The van der Waals surface area contributed by atoms with Gasteiger partial charge in [-0.3, -0.25) is 14.4 Å². The third-order valence-electron chi connectivity index (χ3n) is 7.01. The molecular formula is C25H33N5O5. The van der Waals surface area contributed by atoms with Gasteiger partial charge in [0.15, 0.2) is 0 Å². The number of carbonyl (C=O) groups excluding carboxylic acids is 3. The smallest absolute Gasteiger partial charge is 0.290 e. The van der Waals surface area contributed by atoms with Gasteiger partial charge in [-0.1, -0.05) is 31.8 Å². The average Bonchev–Trinajstić information content (AvgIpc) is 3.38. The predicted octanol–water partition coefficient (Wildman–Crippen LogP) is 3.33. The third kappa shape index (κ3) is 5.22. The van der Waals surface area contributed by atoms with Crippen LogP contribution in [0.2, 0.25) is 0 Å². The summed E-state index contributed by atoms with van der Waals surface area (Å²) in [6.07, 6.45) is 7.66. The largest absolute Gasteiger partial charge is 0.381 e. The highest BCUT2D eigenvalue weighted by molar-refractivity contribution is 6.07. The van der Waals surface area contributed by atoms with E-state index < -0.39 is 17.4 Å². The maximum Gasteiger partial charge on any atom is 0.290 e. The molecule has 10 heteroatoms. The molecule has 2 atom stereocenters. The molecule has 3 N–H and O–H groups in total. The number of aromatic nitrogens is 2. The van der Waals surface area contributed by atoms with E-state index in [4.69, 9.17) is 9.26 Å². The first-order chi connectivity index (χ1) is 16.8. The number of hydrogen-bond donors (Lipinski definition) is 3. The van der Waals surface area contributed by atoms with E-state index in [0.29, 0.717) is 55.5 Å². The van der Waals surface area contributed by atoms with Crippen LogP contribution in [0.4, 0.5) is 11.5 Å². The van der Waals surface area contributed by atoms with Crippen LogP contribution in [-0.4, -0.2) is 47.1 Å². The van der Waals surface area contributed by atoms with Crippen LogP contribution < -0.4 is 16.0 Å². The van der Waals surface area contributed by atoms with Crippen LogP contribution in [0.25, 0.3) is 0 Å². The first-order valence-electron chi connectivity index (χ1n) is 12.3. The molecule has 1 spiro atoms. The molecule has 0 bridgehead atoms. The van der Waals surface area contributed by atoms with E-state index >= 15 is 0 Å². The number of nitrogens with zero attached hydrogens (tertiary/aromatic N) is 2. The molecule has 2 aliphatic heterocycles. The molecule has 2 aliphatic rings. The van der Waals surface area contributed by atoms with E-state index in [2.05, 4.69) is 39.9 Å². The van der Waals surface area contributed by atoms with Gasteiger partial charge in [0.2, 0.25) is 17.6 Å². The minimum Gasteiger partial charge on any atom is -0.381 e. The summed E-state index contributed by atoms with van der Waals surface area (Å²) in [4.78, 5) is 43.1. The van der Waals surface area contributed by atoms with Gasteiger partial charge in [-0.2, -0.15) is 0 Å². The molecule has 1 fully saturated rings. The molecule has 2 aromatic heterocycles. The number of aryl methyl sites for hydroxylation is 1. The third-order valence-corrected chi connectivity index (χ3v) is 7.01. The number of nitrogens with one attached hydrogen (secondary N) is 3. The van der Waals surface area contributed by atoms with Crippen LogP contribution in [0.5, 0.6) is 0 Å². The minimum atomic E-state index is -0.780. The van der Waals surface area contributed by atoms with E-state index in [-0.39, 0.29) is 17.6 Å². The predicted molar refractivity (Wildman–Crippen MR) is 129 cm³/mol. The van der Waals surface area contributed by atoms with Crippen LogP contribution >= 0.6 is 0 Å². The maximum absolute atomic E-state index is 13.2. The molecule has 0 aromatic carbocycles. The summed E-state index contributed by atoms with van der Waals surface area (Å²) in [7, 11) is 0. The van der Waals surface area contributed by atoms with Gasteiger partial charge in [0.05, 0.1) is 17.3 Å². The van der Waals surface area contributed by atoms with Crippen LogP contribution in [0.3, 0.4) is 0 Å². The fourth-order valence-corrected chi connectivity index (χ4v) is 4.89. The number of carbonyl (C=O) groups is 3. The average molecular weight is 484 g/mol. The first-order valence-corrected chi connectivity index (χ1v) is 12.3. The van der Waals surface area contributed by atoms with Crippen LogP contribution in [-0.2, 0) is 19.7 Å². The molecule has 2 aromatic rings. The summed E-state index contributed by atoms with van der Waals surface area (Å²) in [5.74, 6) is -0.100. The molecule has 0 aliphatic carbocycles. The lowest BCUT2D eigenvalue weighted by Gasteiger charge is -2.31. The Kier molecular flexibility index (Phi) is 7.49. The van der Waals surface area contributed by atoms with E-state index in [1.165, 1.54) is 6.20 Å².